The van der Waals surface area contributed by atoms with E-state index in [0.29, 0.717) is 6.04 Å². The molecule has 2 N–H and O–H groups in total. The minimum atomic E-state index is 0. The van der Waals surface area contributed by atoms with E-state index in [9.17, 15) is 0 Å². The summed E-state index contributed by atoms with van der Waals surface area (Å²) in [6.45, 7) is 6.10. The van der Waals surface area contributed by atoms with Crippen LogP contribution in [0.1, 0.15) is 57.1 Å². The van der Waals surface area contributed by atoms with Crippen molar-refractivity contribution in [2.24, 2.45) is 4.99 Å². The summed E-state index contributed by atoms with van der Waals surface area (Å²) in [5, 5.41) is 6.89. The van der Waals surface area contributed by atoms with E-state index >= 15 is 0 Å². The zero-order chi connectivity index (χ0) is 18.6. The molecule has 0 aliphatic heterocycles. The van der Waals surface area contributed by atoms with Crippen molar-refractivity contribution >= 4 is 29.9 Å². The van der Waals surface area contributed by atoms with Crippen LogP contribution in [0.2, 0.25) is 0 Å². The van der Waals surface area contributed by atoms with Crippen molar-refractivity contribution in [2.75, 3.05) is 7.05 Å². The number of unbranched alkanes of at least 4 members (excludes halogenated alkanes) is 3. The Morgan fingerprint density at radius 1 is 1.15 bits per heavy atom. The fraction of sp³-hybridized carbons (Fsp3) is 0.524. The van der Waals surface area contributed by atoms with E-state index in [1.54, 1.807) is 0 Å². The number of aliphatic imine (C=N–C) groups is 1. The van der Waals surface area contributed by atoms with Gasteiger partial charge in [0, 0.05) is 38.6 Å². The highest BCUT2D eigenvalue weighted by Gasteiger charge is 2.05. The molecule has 2 aromatic rings. The summed E-state index contributed by atoms with van der Waals surface area (Å²) in [7, 11) is 1.83. The van der Waals surface area contributed by atoms with Gasteiger partial charge in [-0.15, -0.1) is 24.0 Å². The standard InChI is InChI=1S/C21H33N5.HI/c1-4-5-6-7-8-18(2)25-21(22-3)24-15-19-9-11-20(12-10-19)16-26-14-13-23-17-26;/h9-14,17-18H,4-8,15-16H2,1-3H3,(H2,22,24,25);1H. The highest BCUT2D eigenvalue weighted by Crippen LogP contribution is 2.07. The second kappa shape index (κ2) is 13.6. The highest BCUT2D eigenvalue weighted by atomic mass is 127. The van der Waals surface area contributed by atoms with Crippen LogP contribution in [-0.2, 0) is 13.1 Å². The lowest BCUT2D eigenvalue weighted by molar-refractivity contribution is 0.537. The van der Waals surface area contributed by atoms with E-state index in [1.807, 2.05) is 25.8 Å². The number of rotatable bonds is 10. The third kappa shape index (κ3) is 9.26. The third-order valence-corrected chi connectivity index (χ3v) is 4.50. The molecule has 1 aromatic carbocycles. The van der Waals surface area contributed by atoms with Crippen LogP contribution in [0.4, 0.5) is 0 Å². The number of aromatic nitrogens is 2. The van der Waals surface area contributed by atoms with Gasteiger partial charge in [-0.3, -0.25) is 4.99 Å². The van der Waals surface area contributed by atoms with Crippen LogP contribution in [0.15, 0.2) is 48.0 Å². The van der Waals surface area contributed by atoms with Crippen LogP contribution in [0.5, 0.6) is 0 Å². The summed E-state index contributed by atoms with van der Waals surface area (Å²) >= 11 is 0. The third-order valence-electron chi connectivity index (χ3n) is 4.50. The fourth-order valence-electron chi connectivity index (χ4n) is 2.92. The zero-order valence-corrected chi connectivity index (χ0v) is 19.1. The van der Waals surface area contributed by atoms with Gasteiger partial charge in [-0.1, -0.05) is 56.9 Å². The van der Waals surface area contributed by atoms with Crippen molar-refractivity contribution in [3.63, 3.8) is 0 Å². The lowest BCUT2D eigenvalue weighted by atomic mass is 10.1. The van der Waals surface area contributed by atoms with Gasteiger partial charge in [-0.05, 0) is 24.5 Å². The Hall–Kier alpha value is -1.57. The van der Waals surface area contributed by atoms with Gasteiger partial charge in [0.2, 0.25) is 0 Å². The molecule has 1 unspecified atom stereocenters. The van der Waals surface area contributed by atoms with Crippen molar-refractivity contribution in [3.05, 3.63) is 54.1 Å². The fourth-order valence-corrected chi connectivity index (χ4v) is 2.92. The first-order chi connectivity index (χ1) is 12.7. The lowest BCUT2D eigenvalue weighted by Gasteiger charge is -2.18. The average Bonchev–Trinajstić information content (AvgIpc) is 3.16. The Morgan fingerprint density at radius 3 is 2.52 bits per heavy atom. The van der Waals surface area contributed by atoms with Crippen molar-refractivity contribution in [3.8, 4) is 0 Å². The first-order valence-electron chi connectivity index (χ1n) is 9.72. The molecule has 0 saturated carbocycles. The molecular formula is C21H34IN5. The molecule has 27 heavy (non-hydrogen) atoms. The molecule has 5 nitrogen and oxygen atoms in total. The SMILES string of the molecule is CCCCCCC(C)NC(=NC)NCc1ccc(Cn2ccnc2)cc1.I. The summed E-state index contributed by atoms with van der Waals surface area (Å²) in [5.41, 5.74) is 2.52. The van der Waals surface area contributed by atoms with Crippen molar-refractivity contribution in [2.45, 2.75) is 65.1 Å². The van der Waals surface area contributed by atoms with Gasteiger partial charge in [0.1, 0.15) is 0 Å². The van der Waals surface area contributed by atoms with E-state index in [2.05, 4.69) is 63.3 Å². The van der Waals surface area contributed by atoms with Gasteiger partial charge in [0.15, 0.2) is 5.96 Å². The minimum Gasteiger partial charge on any atom is -0.354 e. The smallest absolute Gasteiger partial charge is 0.191 e. The average molecular weight is 483 g/mol. The number of hydrogen-bond acceptors (Lipinski definition) is 2. The largest absolute Gasteiger partial charge is 0.354 e. The summed E-state index contributed by atoms with van der Waals surface area (Å²) < 4.78 is 2.07. The van der Waals surface area contributed by atoms with Crippen LogP contribution in [0.3, 0.4) is 0 Å². The normalized spacial score (nSPS) is 12.3. The van der Waals surface area contributed by atoms with Crippen LogP contribution >= 0.6 is 24.0 Å². The maximum atomic E-state index is 4.34. The van der Waals surface area contributed by atoms with Gasteiger partial charge in [0.05, 0.1) is 6.33 Å². The number of benzene rings is 1. The molecule has 0 radical (unpaired) electrons. The Balaban J connectivity index is 0.00000364. The minimum absolute atomic E-state index is 0. The molecule has 6 heteroatoms. The number of imidazole rings is 1. The second-order valence-corrected chi connectivity index (χ2v) is 6.87. The van der Waals surface area contributed by atoms with Gasteiger partial charge in [-0.2, -0.15) is 0 Å². The summed E-state index contributed by atoms with van der Waals surface area (Å²) in [6, 6.07) is 9.12. The quantitative estimate of drug-likeness (QED) is 0.225. The van der Waals surface area contributed by atoms with Gasteiger partial charge in [-0.25, -0.2) is 4.98 Å². The lowest BCUT2D eigenvalue weighted by Crippen LogP contribution is -2.41. The Morgan fingerprint density at radius 2 is 1.89 bits per heavy atom. The molecule has 2 rings (SSSR count). The molecule has 0 spiro atoms. The number of hydrogen-bond donors (Lipinski definition) is 2. The van der Waals surface area contributed by atoms with Crippen LogP contribution in [0, 0.1) is 0 Å². The first kappa shape index (κ1) is 23.5. The first-order valence-corrected chi connectivity index (χ1v) is 9.72. The molecule has 0 bridgehead atoms. The van der Waals surface area contributed by atoms with E-state index < -0.39 is 0 Å². The maximum Gasteiger partial charge on any atom is 0.191 e. The maximum absolute atomic E-state index is 4.34. The van der Waals surface area contributed by atoms with E-state index in [1.165, 1.54) is 43.2 Å². The highest BCUT2D eigenvalue weighted by molar-refractivity contribution is 14.0. The van der Waals surface area contributed by atoms with E-state index in [0.717, 1.165) is 19.0 Å². The Kier molecular flexibility index (Phi) is 11.8. The topological polar surface area (TPSA) is 54.2 Å². The second-order valence-electron chi connectivity index (χ2n) is 6.87. The molecule has 0 aliphatic rings. The zero-order valence-electron chi connectivity index (χ0n) is 16.8. The molecule has 0 fully saturated rings. The number of guanidine groups is 1. The van der Waals surface area contributed by atoms with Gasteiger partial charge in [0.25, 0.3) is 0 Å². The van der Waals surface area contributed by atoms with Crippen LogP contribution in [-0.4, -0.2) is 28.6 Å². The van der Waals surface area contributed by atoms with Crippen molar-refractivity contribution in [1.29, 1.82) is 0 Å². The molecule has 0 amide bonds. The van der Waals surface area contributed by atoms with E-state index in [-0.39, 0.29) is 24.0 Å². The summed E-state index contributed by atoms with van der Waals surface area (Å²) in [6.07, 6.45) is 12.0. The van der Waals surface area contributed by atoms with Crippen LogP contribution < -0.4 is 10.6 Å². The van der Waals surface area contributed by atoms with E-state index in [4.69, 9.17) is 0 Å². The van der Waals surface area contributed by atoms with Gasteiger partial charge >= 0.3 is 0 Å². The molecule has 1 atom stereocenters. The molecular weight excluding hydrogens is 449 g/mol. The number of nitrogens with one attached hydrogen (secondary N) is 2. The Bertz CT molecular complexity index is 637. The molecule has 150 valence electrons. The number of halogens is 1. The molecule has 1 heterocycles. The monoisotopic (exact) mass is 483 g/mol. The summed E-state index contributed by atoms with van der Waals surface area (Å²) in [4.78, 5) is 8.42. The predicted molar refractivity (Wildman–Crippen MR) is 125 cm³/mol. The van der Waals surface area contributed by atoms with Crippen molar-refractivity contribution in [1.82, 2.24) is 20.2 Å². The van der Waals surface area contributed by atoms with Gasteiger partial charge < -0.3 is 15.2 Å². The number of nitrogens with zero attached hydrogens (tertiary/aromatic N) is 3. The molecule has 0 aliphatic carbocycles. The molecule has 1 aromatic heterocycles. The van der Waals surface area contributed by atoms with Crippen molar-refractivity contribution < 1.29 is 0 Å². The predicted octanol–water partition coefficient (Wildman–Crippen LogP) is 4.57. The summed E-state index contributed by atoms with van der Waals surface area (Å²) in [5.74, 6) is 0.871. The Labute approximate surface area is 181 Å². The molecule has 0 saturated heterocycles. The van der Waals surface area contributed by atoms with Crippen LogP contribution in [0.25, 0.3) is 0 Å².